The smallest absolute Gasteiger partial charge is 0.247 e. The van der Waals surface area contributed by atoms with E-state index in [1.807, 2.05) is 62.4 Å². The lowest BCUT2D eigenvalue weighted by Crippen LogP contribution is -2.47. The topological polar surface area (TPSA) is 49.4 Å². The molecule has 4 nitrogen and oxygen atoms in total. The average molecular weight is 322 g/mol. The summed E-state index contributed by atoms with van der Waals surface area (Å²) in [4.78, 5) is 26.8. The lowest BCUT2D eigenvalue weighted by atomic mass is 9.91. The van der Waals surface area contributed by atoms with Gasteiger partial charge in [-0.25, -0.2) is 0 Å². The van der Waals surface area contributed by atoms with Gasteiger partial charge in [0.25, 0.3) is 0 Å². The van der Waals surface area contributed by atoms with Crippen LogP contribution in [-0.4, -0.2) is 23.3 Å². The molecular formula is C20H22N2O2. The second kappa shape index (κ2) is 6.87. The number of aryl methyl sites for hydroxylation is 1. The van der Waals surface area contributed by atoms with Crippen LogP contribution in [0.2, 0.25) is 0 Å². The van der Waals surface area contributed by atoms with Crippen LogP contribution in [-0.2, 0) is 22.6 Å². The number of carbonyl (C=O) groups is 2. The molecule has 0 saturated carbocycles. The average Bonchev–Trinajstić information content (AvgIpc) is 2.59. The Morgan fingerprint density at radius 3 is 2.58 bits per heavy atom. The van der Waals surface area contributed by atoms with Crippen LogP contribution >= 0.6 is 0 Å². The molecule has 2 amide bonds. The Morgan fingerprint density at radius 2 is 1.88 bits per heavy atom. The minimum Gasteiger partial charge on any atom is -0.350 e. The SMILES string of the molecule is CCN1C(=O)Cc2ccccc2[C@H]1C(=O)NCc1ccc(C)cc1. The summed E-state index contributed by atoms with van der Waals surface area (Å²) in [5.41, 5.74) is 4.12. The van der Waals surface area contributed by atoms with Crippen molar-refractivity contribution < 1.29 is 9.59 Å². The summed E-state index contributed by atoms with van der Waals surface area (Å²) in [6, 6.07) is 15.2. The second-order valence-electron chi connectivity index (χ2n) is 6.16. The van der Waals surface area contributed by atoms with Crippen molar-refractivity contribution >= 4 is 11.8 Å². The van der Waals surface area contributed by atoms with Crippen molar-refractivity contribution in [1.82, 2.24) is 10.2 Å². The standard InChI is InChI=1S/C20H22N2O2/c1-3-22-18(23)12-16-6-4-5-7-17(16)19(22)20(24)21-13-15-10-8-14(2)9-11-15/h4-11,19H,3,12-13H2,1-2H3,(H,21,24)/t19-/m0/s1. The van der Waals surface area contributed by atoms with Crippen LogP contribution in [0.5, 0.6) is 0 Å². The number of likely N-dealkylation sites (N-methyl/N-ethyl adjacent to an activating group) is 1. The molecule has 1 heterocycles. The van der Waals surface area contributed by atoms with Gasteiger partial charge < -0.3 is 10.2 Å². The van der Waals surface area contributed by atoms with Crippen LogP contribution in [0.1, 0.15) is 35.2 Å². The van der Waals surface area contributed by atoms with Gasteiger partial charge >= 0.3 is 0 Å². The lowest BCUT2D eigenvalue weighted by Gasteiger charge is -2.35. The summed E-state index contributed by atoms with van der Waals surface area (Å²) in [7, 11) is 0. The minimum absolute atomic E-state index is 0.00619. The van der Waals surface area contributed by atoms with Gasteiger partial charge in [-0.05, 0) is 30.5 Å². The van der Waals surface area contributed by atoms with Crippen molar-refractivity contribution in [3.05, 3.63) is 70.8 Å². The minimum atomic E-state index is -0.544. The fraction of sp³-hybridized carbons (Fsp3) is 0.300. The molecule has 3 rings (SSSR count). The van der Waals surface area contributed by atoms with Gasteiger partial charge in [-0.1, -0.05) is 54.1 Å². The van der Waals surface area contributed by atoms with E-state index in [4.69, 9.17) is 0 Å². The molecule has 0 spiro atoms. The highest BCUT2D eigenvalue weighted by molar-refractivity contribution is 5.92. The molecule has 2 aromatic carbocycles. The normalized spacial score (nSPS) is 16.7. The van der Waals surface area contributed by atoms with Crippen LogP contribution in [0.4, 0.5) is 0 Å². The lowest BCUT2D eigenvalue weighted by molar-refractivity contribution is -0.141. The monoisotopic (exact) mass is 322 g/mol. The van der Waals surface area contributed by atoms with E-state index in [1.54, 1.807) is 4.90 Å². The van der Waals surface area contributed by atoms with Crippen LogP contribution in [0, 0.1) is 6.92 Å². The predicted molar refractivity (Wildman–Crippen MR) is 93.3 cm³/mol. The number of hydrogen-bond acceptors (Lipinski definition) is 2. The molecule has 0 radical (unpaired) electrons. The van der Waals surface area contributed by atoms with Crippen molar-refractivity contribution in [2.75, 3.05) is 6.54 Å². The van der Waals surface area contributed by atoms with Gasteiger partial charge in [0.2, 0.25) is 11.8 Å². The van der Waals surface area contributed by atoms with E-state index in [0.29, 0.717) is 19.5 Å². The predicted octanol–water partition coefficient (Wildman–Crippen LogP) is 2.76. The van der Waals surface area contributed by atoms with Crippen LogP contribution in [0.25, 0.3) is 0 Å². The number of fused-ring (bicyclic) bond motifs is 1. The summed E-state index contributed by atoms with van der Waals surface area (Å²) in [6.07, 6.45) is 0.367. The first-order valence-electron chi connectivity index (χ1n) is 8.30. The maximum absolute atomic E-state index is 12.8. The molecule has 1 atom stereocenters. The quantitative estimate of drug-likeness (QED) is 0.941. The maximum atomic E-state index is 12.8. The van der Waals surface area contributed by atoms with E-state index in [2.05, 4.69) is 5.32 Å². The Hall–Kier alpha value is -2.62. The molecular weight excluding hydrogens is 300 g/mol. The molecule has 2 aromatic rings. The highest BCUT2D eigenvalue weighted by Gasteiger charge is 2.35. The van der Waals surface area contributed by atoms with Gasteiger partial charge in [-0.2, -0.15) is 0 Å². The van der Waals surface area contributed by atoms with Gasteiger partial charge in [0.05, 0.1) is 6.42 Å². The third kappa shape index (κ3) is 3.18. The van der Waals surface area contributed by atoms with Crippen LogP contribution < -0.4 is 5.32 Å². The Morgan fingerprint density at radius 1 is 1.17 bits per heavy atom. The zero-order valence-corrected chi connectivity index (χ0v) is 14.1. The Labute approximate surface area is 142 Å². The summed E-state index contributed by atoms with van der Waals surface area (Å²) in [5, 5.41) is 2.98. The summed E-state index contributed by atoms with van der Waals surface area (Å²) >= 11 is 0. The van der Waals surface area contributed by atoms with E-state index in [0.717, 1.165) is 16.7 Å². The first kappa shape index (κ1) is 16.2. The Bertz CT molecular complexity index is 752. The number of amides is 2. The van der Waals surface area contributed by atoms with Gasteiger partial charge in [-0.3, -0.25) is 9.59 Å². The molecule has 1 N–H and O–H groups in total. The van der Waals surface area contributed by atoms with Gasteiger partial charge in [-0.15, -0.1) is 0 Å². The number of rotatable bonds is 4. The molecule has 0 bridgehead atoms. The fourth-order valence-corrected chi connectivity index (χ4v) is 3.17. The van der Waals surface area contributed by atoms with Crippen molar-refractivity contribution in [3.63, 3.8) is 0 Å². The first-order chi connectivity index (χ1) is 11.6. The van der Waals surface area contributed by atoms with E-state index in [1.165, 1.54) is 5.56 Å². The summed E-state index contributed by atoms with van der Waals surface area (Å²) < 4.78 is 0. The molecule has 1 aliphatic heterocycles. The Balaban J connectivity index is 1.81. The Kier molecular flexibility index (Phi) is 4.65. The van der Waals surface area contributed by atoms with Gasteiger partial charge in [0, 0.05) is 13.1 Å². The van der Waals surface area contributed by atoms with E-state index in [-0.39, 0.29) is 11.8 Å². The highest BCUT2D eigenvalue weighted by Crippen LogP contribution is 2.30. The van der Waals surface area contributed by atoms with Gasteiger partial charge in [0.15, 0.2) is 0 Å². The zero-order valence-electron chi connectivity index (χ0n) is 14.1. The number of carbonyl (C=O) groups excluding carboxylic acids is 2. The van der Waals surface area contributed by atoms with E-state index < -0.39 is 6.04 Å². The van der Waals surface area contributed by atoms with Crippen molar-refractivity contribution in [1.29, 1.82) is 0 Å². The number of nitrogens with one attached hydrogen (secondary N) is 1. The molecule has 0 fully saturated rings. The van der Waals surface area contributed by atoms with Crippen molar-refractivity contribution in [3.8, 4) is 0 Å². The number of nitrogens with zero attached hydrogens (tertiary/aromatic N) is 1. The molecule has 0 aromatic heterocycles. The van der Waals surface area contributed by atoms with Crippen molar-refractivity contribution in [2.24, 2.45) is 0 Å². The molecule has 1 aliphatic rings. The number of hydrogen-bond donors (Lipinski definition) is 1. The zero-order chi connectivity index (χ0) is 17.1. The van der Waals surface area contributed by atoms with Crippen LogP contribution in [0.15, 0.2) is 48.5 Å². The molecule has 0 unspecified atom stereocenters. The van der Waals surface area contributed by atoms with Crippen LogP contribution in [0.3, 0.4) is 0 Å². The van der Waals surface area contributed by atoms with E-state index in [9.17, 15) is 9.59 Å². The largest absolute Gasteiger partial charge is 0.350 e. The van der Waals surface area contributed by atoms with E-state index >= 15 is 0 Å². The van der Waals surface area contributed by atoms with Crippen molar-refractivity contribution in [2.45, 2.75) is 32.9 Å². The number of benzene rings is 2. The summed E-state index contributed by atoms with van der Waals surface area (Å²) in [6.45, 7) is 4.93. The highest BCUT2D eigenvalue weighted by atomic mass is 16.2. The first-order valence-corrected chi connectivity index (χ1v) is 8.30. The molecule has 0 aliphatic carbocycles. The fourth-order valence-electron chi connectivity index (χ4n) is 3.17. The molecule has 24 heavy (non-hydrogen) atoms. The molecule has 124 valence electrons. The summed E-state index contributed by atoms with van der Waals surface area (Å²) in [5.74, 6) is -0.121. The third-order valence-electron chi connectivity index (χ3n) is 4.50. The van der Waals surface area contributed by atoms with Gasteiger partial charge in [0.1, 0.15) is 6.04 Å². The maximum Gasteiger partial charge on any atom is 0.247 e. The second-order valence-corrected chi connectivity index (χ2v) is 6.16. The molecule has 4 heteroatoms. The third-order valence-corrected chi connectivity index (χ3v) is 4.50. The molecule has 0 saturated heterocycles.